The minimum absolute atomic E-state index is 0.326. The van der Waals surface area contributed by atoms with E-state index < -0.39 is 0 Å². The summed E-state index contributed by atoms with van der Waals surface area (Å²) in [4.78, 5) is 4.28. The van der Waals surface area contributed by atoms with E-state index in [1.54, 1.807) is 24.3 Å². The molecule has 0 aliphatic carbocycles. The number of halogens is 3. The molecule has 0 spiro atoms. The van der Waals surface area contributed by atoms with E-state index >= 15 is 0 Å². The van der Waals surface area contributed by atoms with Gasteiger partial charge in [0.05, 0.1) is 15.7 Å². The summed E-state index contributed by atoms with van der Waals surface area (Å²) in [5.41, 5.74) is 0.744. The summed E-state index contributed by atoms with van der Waals surface area (Å²) in [6.45, 7) is 2.60. The molecule has 0 saturated heterocycles. The molecule has 1 heterocycles. The Kier molecular flexibility index (Phi) is 4.04. The van der Waals surface area contributed by atoms with Gasteiger partial charge in [0.25, 0.3) is 0 Å². The molecule has 0 fully saturated rings. The topological polar surface area (TPSA) is 24.9 Å². The van der Waals surface area contributed by atoms with Crippen LogP contribution in [-0.2, 0) is 0 Å². The molecule has 2 nitrogen and oxygen atoms in total. The number of hydrogen-bond donors (Lipinski definition) is 1. The lowest BCUT2D eigenvalue weighted by Crippen LogP contribution is -2.01. The SMILES string of the molecule is CCNc1nc(-c2ccccc2F)c(Cl)cc1Cl. The Balaban J connectivity index is 2.57. The summed E-state index contributed by atoms with van der Waals surface area (Å²) in [5, 5.41) is 3.75. The van der Waals surface area contributed by atoms with Gasteiger partial charge in [-0.1, -0.05) is 35.3 Å². The quantitative estimate of drug-likeness (QED) is 0.889. The molecule has 1 N–H and O–H groups in total. The van der Waals surface area contributed by atoms with Gasteiger partial charge in [-0.3, -0.25) is 0 Å². The Labute approximate surface area is 115 Å². The highest BCUT2D eigenvalue weighted by Crippen LogP contribution is 2.33. The van der Waals surface area contributed by atoms with Gasteiger partial charge in [0.2, 0.25) is 0 Å². The van der Waals surface area contributed by atoms with Gasteiger partial charge < -0.3 is 5.32 Å². The van der Waals surface area contributed by atoms with Crippen molar-refractivity contribution in [1.82, 2.24) is 4.98 Å². The summed E-state index contributed by atoms with van der Waals surface area (Å²) < 4.78 is 13.7. The summed E-state index contributed by atoms with van der Waals surface area (Å²) >= 11 is 12.1. The van der Waals surface area contributed by atoms with Crippen LogP contribution in [0.3, 0.4) is 0 Å². The summed E-state index contributed by atoms with van der Waals surface area (Å²) in [6, 6.07) is 7.92. The number of anilines is 1. The first-order valence-corrected chi connectivity index (χ1v) is 6.24. The van der Waals surface area contributed by atoms with Crippen LogP contribution >= 0.6 is 23.2 Å². The molecule has 0 saturated carbocycles. The third-order valence-corrected chi connectivity index (χ3v) is 2.98. The molecule has 0 bridgehead atoms. The average molecular weight is 285 g/mol. The molecule has 2 rings (SSSR count). The van der Waals surface area contributed by atoms with E-state index in [1.807, 2.05) is 6.92 Å². The van der Waals surface area contributed by atoms with Gasteiger partial charge >= 0.3 is 0 Å². The third kappa shape index (κ3) is 2.57. The normalized spacial score (nSPS) is 10.4. The first-order chi connectivity index (χ1) is 8.63. The van der Waals surface area contributed by atoms with Crippen LogP contribution in [0.4, 0.5) is 10.2 Å². The van der Waals surface area contributed by atoms with E-state index in [4.69, 9.17) is 23.2 Å². The number of nitrogens with zero attached hydrogens (tertiary/aromatic N) is 1. The first kappa shape index (κ1) is 13.1. The fourth-order valence-corrected chi connectivity index (χ4v) is 2.13. The van der Waals surface area contributed by atoms with E-state index in [0.717, 1.165) is 0 Å². The predicted molar refractivity (Wildman–Crippen MR) is 73.8 cm³/mol. The summed E-state index contributed by atoms with van der Waals surface area (Å²) in [5.74, 6) is 0.137. The van der Waals surface area contributed by atoms with Gasteiger partial charge in [-0.2, -0.15) is 0 Å². The number of nitrogens with one attached hydrogen (secondary N) is 1. The standard InChI is InChI=1S/C13H11Cl2FN2/c1-2-17-13-10(15)7-9(14)12(18-13)8-5-3-4-6-11(8)16/h3-7H,2H2,1H3,(H,17,18). The van der Waals surface area contributed by atoms with Gasteiger partial charge in [0, 0.05) is 12.1 Å². The van der Waals surface area contributed by atoms with E-state index in [2.05, 4.69) is 10.3 Å². The molecule has 0 atom stereocenters. The Morgan fingerprint density at radius 2 is 1.94 bits per heavy atom. The van der Waals surface area contributed by atoms with E-state index in [-0.39, 0.29) is 5.82 Å². The van der Waals surface area contributed by atoms with E-state index in [9.17, 15) is 4.39 Å². The molecular formula is C13H11Cl2FN2. The van der Waals surface area contributed by atoms with Crippen molar-refractivity contribution < 1.29 is 4.39 Å². The second-order valence-electron chi connectivity index (χ2n) is 3.66. The molecule has 18 heavy (non-hydrogen) atoms. The van der Waals surface area contributed by atoms with Gasteiger partial charge in [-0.15, -0.1) is 0 Å². The van der Waals surface area contributed by atoms with Crippen LogP contribution in [0.1, 0.15) is 6.92 Å². The van der Waals surface area contributed by atoms with Crippen molar-refractivity contribution in [2.75, 3.05) is 11.9 Å². The van der Waals surface area contributed by atoms with Crippen molar-refractivity contribution in [2.24, 2.45) is 0 Å². The minimum Gasteiger partial charge on any atom is -0.369 e. The molecule has 0 aliphatic rings. The number of aromatic nitrogens is 1. The average Bonchev–Trinajstić information content (AvgIpc) is 2.34. The van der Waals surface area contributed by atoms with Crippen molar-refractivity contribution in [2.45, 2.75) is 6.92 Å². The third-order valence-electron chi connectivity index (χ3n) is 2.40. The Hall–Kier alpha value is -1.32. The Morgan fingerprint density at radius 1 is 1.22 bits per heavy atom. The van der Waals surface area contributed by atoms with Gasteiger partial charge in [0.15, 0.2) is 0 Å². The lowest BCUT2D eigenvalue weighted by atomic mass is 10.1. The Morgan fingerprint density at radius 3 is 2.61 bits per heavy atom. The van der Waals surface area contributed by atoms with E-state index in [0.29, 0.717) is 33.7 Å². The van der Waals surface area contributed by atoms with Gasteiger partial charge in [0.1, 0.15) is 11.6 Å². The molecule has 0 radical (unpaired) electrons. The molecule has 1 aromatic carbocycles. The van der Waals surface area contributed by atoms with Crippen molar-refractivity contribution in [1.29, 1.82) is 0 Å². The summed E-state index contributed by atoms with van der Waals surface area (Å²) in [6.07, 6.45) is 0. The Bertz CT molecular complexity index is 573. The van der Waals surface area contributed by atoms with Crippen LogP contribution in [0.5, 0.6) is 0 Å². The highest BCUT2D eigenvalue weighted by atomic mass is 35.5. The lowest BCUT2D eigenvalue weighted by molar-refractivity contribution is 0.631. The number of hydrogen-bond acceptors (Lipinski definition) is 2. The zero-order chi connectivity index (χ0) is 13.1. The second kappa shape index (κ2) is 5.55. The number of benzene rings is 1. The van der Waals surface area contributed by atoms with Crippen molar-refractivity contribution in [3.8, 4) is 11.3 Å². The molecule has 5 heteroatoms. The van der Waals surface area contributed by atoms with Crippen LogP contribution in [0.25, 0.3) is 11.3 Å². The van der Waals surface area contributed by atoms with Crippen molar-refractivity contribution >= 4 is 29.0 Å². The highest BCUT2D eigenvalue weighted by molar-refractivity contribution is 6.37. The van der Waals surface area contributed by atoms with Crippen LogP contribution < -0.4 is 5.32 Å². The maximum absolute atomic E-state index is 13.7. The summed E-state index contributed by atoms with van der Waals surface area (Å²) in [7, 11) is 0. The molecule has 0 aliphatic heterocycles. The second-order valence-corrected chi connectivity index (χ2v) is 4.47. The minimum atomic E-state index is -0.364. The highest BCUT2D eigenvalue weighted by Gasteiger charge is 2.13. The molecule has 2 aromatic rings. The molecule has 0 unspecified atom stereocenters. The first-order valence-electron chi connectivity index (χ1n) is 5.48. The van der Waals surface area contributed by atoms with Gasteiger partial charge in [-0.05, 0) is 25.1 Å². The number of pyridine rings is 1. The van der Waals surface area contributed by atoms with Crippen LogP contribution in [0.15, 0.2) is 30.3 Å². The number of rotatable bonds is 3. The van der Waals surface area contributed by atoms with Crippen LogP contribution in [0, 0.1) is 5.82 Å². The fraction of sp³-hybridized carbons (Fsp3) is 0.154. The predicted octanol–water partition coefficient (Wildman–Crippen LogP) is 4.63. The largest absolute Gasteiger partial charge is 0.369 e. The maximum Gasteiger partial charge on any atom is 0.145 e. The molecular weight excluding hydrogens is 274 g/mol. The zero-order valence-electron chi connectivity index (χ0n) is 9.67. The molecule has 1 aromatic heterocycles. The maximum atomic E-state index is 13.7. The van der Waals surface area contributed by atoms with Crippen LogP contribution in [-0.4, -0.2) is 11.5 Å². The zero-order valence-corrected chi connectivity index (χ0v) is 11.2. The van der Waals surface area contributed by atoms with Crippen molar-refractivity contribution in [3.63, 3.8) is 0 Å². The van der Waals surface area contributed by atoms with Crippen molar-refractivity contribution in [3.05, 3.63) is 46.2 Å². The smallest absolute Gasteiger partial charge is 0.145 e. The lowest BCUT2D eigenvalue weighted by Gasteiger charge is -2.10. The van der Waals surface area contributed by atoms with Crippen LogP contribution in [0.2, 0.25) is 10.0 Å². The molecule has 0 amide bonds. The monoisotopic (exact) mass is 284 g/mol. The fourth-order valence-electron chi connectivity index (χ4n) is 1.60. The van der Waals surface area contributed by atoms with E-state index in [1.165, 1.54) is 6.07 Å². The molecule has 94 valence electrons. The van der Waals surface area contributed by atoms with Gasteiger partial charge in [-0.25, -0.2) is 9.37 Å².